The molecule has 7 heteroatoms. The van der Waals surface area contributed by atoms with Gasteiger partial charge in [-0.25, -0.2) is 4.99 Å². The van der Waals surface area contributed by atoms with E-state index in [-0.39, 0.29) is 12.5 Å². The van der Waals surface area contributed by atoms with Crippen LogP contribution in [-0.2, 0) is 16.1 Å². The third kappa shape index (κ3) is 9.88. The molecule has 0 saturated heterocycles. The number of carbonyl (C=O) groups is 1. The Morgan fingerprint density at radius 1 is 1.08 bits per heavy atom. The van der Waals surface area contributed by atoms with Gasteiger partial charge in [0, 0.05) is 32.8 Å². The molecule has 1 aromatic rings. The fourth-order valence-electron chi connectivity index (χ4n) is 2.17. The SMILES string of the molecule is CCNC(=NCC(=O)NCc1ccc(OC)cc1)NCCCCOCC. The summed E-state index contributed by atoms with van der Waals surface area (Å²) in [6.07, 6.45) is 2.00. The van der Waals surface area contributed by atoms with Crippen LogP contribution in [0.2, 0.25) is 0 Å². The van der Waals surface area contributed by atoms with Crippen molar-refractivity contribution in [2.75, 3.05) is 40.0 Å². The fourth-order valence-corrected chi connectivity index (χ4v) is 2.17. The molecule has 1 aromatic carbocycles. The molecule has 0 bridgehead atoms. The zero-order valence-electron chi connectivity index (χ0n) is 16.1. The molecule has 0 unspecified atom stereocenters. The van der Waals surface area contributed by atoms with E-state index in [1.54, 1.807) is 7.11 Å². The van der Waals surface area contributed by atoms with Crippen molar-refractivity contribution in [3.63, 3.8) is 0 Å². The molecule has 0 aliphatic carbocycles. The molecule has 1 rings (SSSR count). The van der Waals surface area contributed by atoms with Gasteiger partial charge >= 0.3 is 0 Å². The summed E-state index contributed by atoms with van der Waals surface area (Å²) in [5.41, 5.74) is 1.02. The zero-order valence-corrected chi connectivity index (χ0v) is 16.1. The van der Waals surface area contributed by atoms with E-state index in [2.05, 4.69) is 20.9 Å². The van der Waals surface area contributed by atoms with E-state index in [9.17, 15) is 4.79 Å². The summed E-state index contributed by atoms with van der Waals surface area (Å²) >= 11 is 0. The van der Waals surface area contributed by atoms with Crippen molar-refractivity contribution in [3.05, 3.63) is 29.8 Å². The van der Waals surface area contributed by atoms with Crippen LogP contribution in [0.1, 0.15) is 32.3 Å². The van der Waals surface area contributed by atoms with Crippen LogP contribution in [0.5, 0.6) is 5.75 Å². The molecule has 0 aromatic heterocycles. The molecular weight excluding hydrogens is 332 g/mol. The van der Waals surface area contributed by atoms with Gasteiger partial charge in [-0.3, -0.25) is 4.79 Å². The number of ether oxygens (including phenoxy) is 2. The van der Waals surface area contributed by atoms with Gasteiger partial charge in [0.05, 0.1) is 7.11 Å². The predicted molar refractivity (Wildman–Crippen MR) is 105 cm³/mol. The molecule has 0 saturated carbocycles. The Labute approximate surface area is 156 Å². The molecular formula is C19H32N4O3. The number of aliphatic imine (C=N–C) groups is 1. The van der Waals surface area contributed by atoms with Crippen molar-refractivity contribution in [1.29, 1.82) is 0 Å². The van der Waals surface area contributed by atoms with Gasteiger partial charge in [0.25, 0.3) is 0 Å². The Bertz CT molecular complexity index is 532. The van der Waals surface area contributed by atoms with Crippen molar-refractivity contribution in [3.8, 4) is 5.75 Å². The molecule has 0 radical (unpaired) electrons. The standard InChI is InChI=1S/C19H32N4O3/c1-4-20-19(21-12-6-7-13-26-5-2)23-15-18(24)22-14-16-8-10-17(25-3)11-9-16/h8-11H,4-7,12-15H2,1-3H3,(H,22,24)(H2,20,21,23). The summed E-state index contributed by atoms with van der Waals surface area (Å²) in [6, 6.07) is 7.60. The lowest BCUT2D eigenvalue weighted by Crippen LogP contribution is -2.39. The van der Waals surface area contributed by atoms with Crippen LogP contribution < -0.4 is 20.7 Å². The van der Waals surface area contributed by atoms with E-state index in [4.69, 9.17) is 9.47 Å². The van der Waals surface area contributed by atoms with Crippen molar-refractivity contribution >= 4 is 11.9 Å². The summed E-state index contributed by atoms with van der Waals surface area (Å²) in [5, 5.41) is 9.23. The Morgan fingerprint density at radius 3 is 2.50 bits per heavy atom. The highest BCUT2D eigenvalue weighted by Crippen LogP contribution is 2.10. The van der Waals surface area contributed by atoms with Gasteiger partial charge in [0.15, 0.2) is 5.96 Å². The summed E-state index contributed by atoms with van der Waals surface area (Å²) < 4.78 is 10.4. The van der Waals surface area contributed by atoms with Crippen molar-refractivity contribution in [2.24, 2.45) is 4.99 Å². The average molecular weight is 364 g/mol. The second kappa shape index (κ2) is 13.9. The minimum absolute atomic E-state index is 0.0877. The van der Waals surface area contributed by atoms with Gasteiger partial charge in [0.1, 0.15) is 12.3 Å². The Morgan fingerprint density at radius 2 is 1.85 bits per heavy atom. The zero-order chi connectivity index (χ0) is 19.0. The molecule has 3 N–H and O–H groups in total. The number of nitrogens with one attached hydrogen (secondary N) is 3. The minimum atomic E-state index is -0.116. The maximum Gasteiger partial charge on any atom is 0.242 e. The fraction of sp³-hybridized carbons (Fsp3) is 0.579. The Hall–Kier alpha value is -2.28. The summed E-state index contributed by atoms with van der Waals surface area (Å²) in [6.45, 7) is 7.63. The highest BCUT2D eigenvalue weighted by Gasteiger charge is 2.03. The molecule has 0 fully saturated rings. The second-order valence-corrected chi connectivity index (χ2v) is 5.65. The first-order chi connectivity index (χ1) is 12.7. The lowest BCUT2D eigenvalue weighted by Gasteiger charge is -2.11. The normalized spacial score (nSPS) is 11.1. The summed E-state index contributed by atoms with van der Waals surface area (Å²) in [7, 11) is 1.63. The van der Waals surface area contributed by atoms with Gasteiger partial charge in [-0.05, 0) is 44.4 Å². The highest BCUT2D eigenvalue weighted by molar-refractivity contribution is 5.84. The van der Waals surface area contributed by atoms with Gasteiger partial charge in [-0.1, -0.05) is 12.1 Å². The van der Waals surface area contributed by atoms with Gasteiger partial charge in [0.2, 0.25) is 5.91 Å². The molecule has 146 valence electrons. The summed E-state index contributed by atoms with van der Waals surface area (Å²) in [4.78, 5) is 16.3. The first-order valence-corrected chi connectivity index (χ1v) is 9.19. The molecule has 26 heavy (non-hydrogen) atoms. The van der Waals surface area contributed by atoms with Crippen LogP contribution >= 0.6 is 0 Å². The monoisotopic (exact) mass is 364 g/mol. The van der Waals surface area contributed by atoms with Gasteiger partial charge < -0.3 is 25.4 Å². The van der Waals surface area contributed by atoms with Crippen LogP contribution in [0.25, 0.3) is 0 Å². The number of benzene rings is 1. The van der Waals surface area contributed by atoms with E-state index in [0.29, 0.717) is 12.5 Å². The summed E-state index contributed by atoms with van der Waals surface area (Å²) in [5.74, 6) is 1.34. The molecule has 1 amide bonds. The average Bonchev–Trinajstić information content (AvgIpc) is 2.67. The number of carbonyl (C=O) groups excluding carboxylic acids is 1. The third-order valence-corrected chi connectivity index (χ3v) is 3.59. The van der Waals surface area contributed by atoms with Crippen LogP contribution in [0.3, 0.4) is 0 Å². The number of hydrogen-bond donors (Lipinski definition) is 3. The molecule has 0 aliphatic rings. The number of rotatable bonds is 12. The van der Waals surface area contributed by atoms with Crippen LogP contribution in [0.4, 0.5) is 0 Å². The van der Waals surface area contributed by atoms with Crippen molar-refractivity contribution < 1.29 is 14.3 Å². The van der Waals surface area contributed by atoms with Crippen molar-refractivity contribution in [1.82, 2.24) is 16.0 Å². The molecule has 0 heterocycles. The van der Waals surface area contributed by atoms with E-state index >= 15 is 0 Å². The van der Waals surface area contributed by atoms with E-state index in [1.807, 2.05) is 38.1 Å². The van der Waals surface area contributed by atoms with Crippen LogP contribution in [0.15, 0.2) is 29.3 Å². The molecule has 0 spiro atoms. The second-order valence-electron chi connectivity index (χ2n) is 5.65. The first kappa shape index (κ1) is 21.8. The lowest BCUT2D eigenvalue weighted by atomic mass is 10.2. The number of unbranched alkanes of at least 4 members (excludes halogenated alkanes) is 1. The van der Waals surface area contributed by atoms with E-state index < -0.39 is 0 Å². The maximum atomic E-state index is 12.0. The number of guanidine groups is 1. The highest BCUT2D eigenvalue weighted by atomic mass is 16.5. The van der Waals surface area contributed by atoms with Crippen LogP contribution in [0, 0.1) is 0 Å². The van der Waals surface area contributed by atoms with E-state index in [1.165, 1.54) is 0 Å². The number of nitrogens with zero attached hydrogens (tertiary/aromatic N) is 1. The molecule has 0 atom stereocenters. The van der Waals surface area contributed by atoms with Gasteiger partial charge in [-0.15, -0.1) is 0 Å². The smallest absolute Gasteiger partial charge is 0.242 e. The quantitative estimate of drug-likeness (QED) is 0.299. The Balaban J connectivity index is 2.31. The topological polar surface area (TPSA) is 84.0 Å². The number of amides is 1. The van der Waals surface area contributed by atoms with E-state index in [0.717, 1.165) is 50.5 Å². The first-order valence-electron chi connectivity index (χ1n) is 9.19. The lowest BCUT2D eigenvalue weighted by molar-refractivity contribution is -0.119. The predicted octanol–water partition coefficient (Wildman–Crippen LogP) is 1.68. The maximum absolute atomic E-state index is 12.0. The number of methoxy groups -OCH3 is 1. The minimum Gasteiger partial charge on any atom is -0.497 e. The largest absolute Gasteiger partial charge is 0.497 e. The molecule has 7 nitrogen and oxygen atoms in total. The van der Waals surface area contributed by atoms with Crippen LogP contribution in [-0.4, -0.2) is 51.8 Å². The number of hydrogen-bond acceptors (Lipinski definition) is 4. The molecule has 0 aliphatic heterocycles. The third-order valence-electron chi connectivity index (χ3n) is 3.59. The Kier molecular flexibility index (Phi) is 11.7. The van der Waals surface area contributed by atoms with Gasteiger partial charge in [-0.2, -0.15) is 0 Å². The van der Waals surface area contributed by atoms with Crippen molar-refractivity contribution in [2.45, 2.75) is 33.2 Å².